The molecule has 0 heterocycles. The van der Waals surface area contributed by atoms with Crippen LogP contribution < -0.4 is 5.32 Å². The number of rotatable bonds is 3. The molecule has 0 atom stereocenters. The molecular formula is C7H11NO2. The summed E-state index contributed by atoms with van der Waals surface area (Å²) in [6.07, 6.45) is 2.96. The van der Waals surface area contributed by atoms with E-state index in [9.17, 15) is 4.79 Å². The Balaban J connectivity index is 4.20. The van der Waals surface area contributed by atoms with E-state index in [-0.39, 0.29) is 5.97 Å². The first-order valence-corrected chi connectivity index (χ1v) is 2.84. The zero-order chi connectivity index (χ0) is 7.98. The molecule has 0 aromatic rings. The SMILES string of the molecule is C=C/C(=C\NC)C(=O)OC. The predicted molar refractivity (Wildman–Crippen MR) is 39.4 cm³/mol. The molecule has 0 saturated carbocycles. The largest absolute Gasteiger partial charge is 0.465 e. The van der Waals surface area contributed by atoms with Crippen LogP contribution in [-0.2, 0) is 9.53 Å². The van der Waals surface area contributed by atoms with Crippen molar-refractivity contribution in [2.24, 2.45) is 0 Å². The molecule has 3 nitrogen and oxygen atoms in total. The smallest absolute Gasteiger partial charge is 0.339 e. The summed E-state index contributed by atoms with van der Waals surface area (Å²) >= 11 is 0. The third kappa shape index (κ3) is 2.35. The van der Waals surface area contributed by atoms with Crippen molar-refractivity contribution >= 4 is 5.97 Å². The topological polar surface area (TPSA) is 38.3 Å². The highest BCUT2D eigenvalue weighted by Gasteiger charge is 2.02. The van der Waals surface area contributed by atoms with Gasteiger partial charge in [-0.2, -0.15) is 0 Å². The molecule has 0 rings (SSSR count). The Kier molecular flexibility index (Phi) is 4.04. The van der Waals surface area contributed by atoms with Crippen LogP contribution in [0, 0.1) is 0 Å². The molecule has 0 unspecified atom stereocenters. The van der Waals surface area contributed by atoms with Gasteiger partial charge in [-0.3, -0.25) is 0 Å². The Morgan fingerprint density at radius 1 is 1.70 bits per heavy atom. The summed E-state index contributed by atoms with van der Waals surface area (Å²) in [7, 11) is 3.03. The van der Waals surface area contributed by atoms with Gasteiger partial charge in [-0.15, -0.1) is 0 Å². The van der Waals surface area contributed by atoms with Crippen molar-refractivity contribution in [2.45, 2.75) is 0 Å². The van der Waals surface area contributed by atoms with Gasteiger partial charge in [0.15, 0.2) is 0 Å². The summed E-state index contributed by atoms with van der Waals surface area (Å²) in [5.74, 6) is -0.385. The molecule has 0 aliphatic heterocycles. The first kappa shape index (κ1) is 8.75. The Hall–Kier alpha value is -1.25. The zero-order valence-corrected chi connectivity index (χ0v) is 6.18. The molecule has 0 aliphatic rings. The molecule has 0 aromatic carbocycles. The van der Waals surface area contributed by atoms with Gasteiger partial charge < -0.3 is 10.1 Å². The second kappa shape index (κ2) is 4.61. The highest BCUT2D eigenvalue weighted by molar-refractivity contribution is 5.91. The number of methoxy groups -OCH3 is 1. The van der Waals surface area contributed by atoms with Crippen molar-refractivity contribution in [1.82, 2.24) is 5.32 Å². The van der Waals surface area contributed by atoms with Crippen LogP contribution in [0.1, 0.15) is 0 Å². The molecule has 3 heteroatoms. The Morgan fingerprint density at radius 3 is 2.60 bits per heavy atom. The van der Waals surface area contributed by atoms with Crippen LogP contribution in [0.3, 0.4) is 0 Å². The highest BCUT2D eigenvalue weighted by Crippen LogP contribution is 1.95. The number of hydrogen-bond acceptors (Lipinski definition) is 3. The van der Waals surface area contributed by atoms with Gasteiger partial charge in [0, 0.05) is 13.2 Å². The Bertz CT molecular complexity index is 161. The van der Waals surface area contributed by atoms with Crippen molar-refractivity contribution in [2.75, 3.05) is 14.2 Å². The van der Waals surface area contributed by atoms with Crippen LogP contribution in [0.5, 0.6) is 0 Å². The maximum Gasteiger partial charge on any atom is 0.339 e. The van der Waals surface area contributed by atoms with E-state index >= 15 is 0 Å². The number of hydrogen-bond donors (Lipinski definition) is 1. The molecule has 0 amide bonds. The minimum atomic E-state index is -0.385. The molecule has 0 aromatic heterocycles. The molecular weight excluding hydrogens is 130 g/mol. The average molecular weight is 141 g/mol. The summed E-state index contributed by atoms with van der Waals surface area (Å²) in [6, 6.07) is 0. The highest BCUT2D eigenvalue weighted by atomic mass is 16.5. The number of ether oxygens (including phenoxy) is 1. The molecule has 0 aliphatic carbocycles. The van der Waals surface area contributed by atoms with Gasteiger partial charge in [0.05, 0.1) is 12.7 Å². The Labute approximate surface area is 60.4 Å². The standard InChI is InChI=1S/C7H11NO2/c1-4-6(5-8-2)7(9)10-3/h4-5,8H,1H2,2-3H3/b6-5+. The van der Waals surface area contributed by atoms with Crippen LogP contribution in [0.15, 0.2) is 24.4 Å². The summed E-state index contributed by atoms with van der Waals surface area (Å²) in [5.41, 5.74) is 0.421. The minimum Gasteiger partial charge on any atom is -0.465 e. The second-order valence-corrected chi connectivity index (χ2v) is 1.58. The molecule has 0 spiro atoms. The summed E-state index contributed by atoms with van der Waals surface area (Å²) in [6.45, 7) is 3.44. The van der Waals surface area contributed by atoms with E-state index in [1.54, 1.807) is 7.05 Å². The lowest BCUT2D eigenvalue weighted by atomic mass is 10.3. The van der Waals surface area contributed by atoms with Gasteiger partial charge in [0.1, 0.15) is 0 Å². The van der Waals surface area contributed by atoms with Crippen molar-refractivity contribution in [3.63, 3.8) is 0 Å². The number of carbonyl (C=O) groups excluding carboxylic acids is 1. The van der Waals surface area contributed by atoms with E-state index in [1.165, 1.54) is 19.4 Å². The second-order valence-electron chi connectivity index (χ2n) is 1.58. The number of esters is 1. The molecule has 1 N–H and O–H groups in total. The van der Waals surface area contributed by atoms with Crippen molar-refractivity contribution in [1.29, 1.82) is 0 Å². The van der Waals surface area contributed by atoms with E-state index in [4.69, 9.17) is 0 Å². The fourth-order valence-electron chi connectivity index (χ4n) is 0.475. The fraction of sp³-hybridized carbons (Fsp3) is 0.286. The van der Waals surface area contributed by atoms with Crippen molar-refractivity contribution < 1.29 is 9.53 Å². The van der Waals surface area contributed by atoms with E-state index in [2.05, 4.69) is 16.6 Å². The third-order valence-corrected chi connectivity index (χ3v) is 0.941. The average Bonchev–Trinajstić information content (AvgIpc) is 1.99. The van der Waals surface area contributed by atoms with Crippen molar-refractivity contribution in [3.05, 3.63) is 24.4 Å². The summed E-state index contributed by atoms with van der Waals surface area (Å²) < 4.78 is 4.44. The lowest BCUT2D eigenvalue weighted by Gasteiger charge is -1.97. The maximum atomic E-state index is 10.7. The summed E-state index contributed by atoms with van der Waals surface area (Å²) in [5, 5.41) is 2.70. The first-order valence-electron chi connectivity index (χ1n) is 2.84. The van der Waals surface area contributed by atoms with Crippen LogP contribution in [-0.4, -0.2) is 20.1 Å². The minimum absolute atomic E-state index is 0.385. The molecule has 56 valence electrons. The number of carbonyl (C=O) groups is 1. The normalized spacial score (nSPS) is 10.4. The van der Waals surface area contributed by atoms with Gasteiger partial charge >= 0.3 is 5.97 Å². The quantitative estimate of drug-likeness (QED) is 0.352. The molecule has 10 heavy (non-hydrogen) atoms. The maximum absolute atomic E-state index is 10.7. The van der Waals surface area contributed by atoms with Gasteiger partial charge in [0.2, 0.25) is 0 Å². The van der Waals surface area contributed by atoms with E-state index in [1.807, 2.05) is 0 Å². The van der Waals surface area contributed by atoms with Crippen LogP contribution in [0.25, 0.3) is 0 Å². The first-order chi connectivity index (χ1) is 4.76. The molecule has 0 bridgehead atoms. The van der Waals surface area contributed by atoms with E-state index < -0.39 is 0 Å². The molecule has 0 saturated heterocycles. The zero-order valence-electron chi connectivity index (χ0n) is 6.18. The third-order valence-electron chi connectivity index (χ3n) is 0.941. The lowest BCUT2D eigenvalue weighted by Crippen LogP contribution is -2.06. The predicted octanol–water partition coefficient (Wildman–Crippen LogP) is 0.449. The molecule has 0 radical (unpaired) electrons. The van der Waals surface area contributed by atoms with Gasteiger partial charge in [0.25, 0.3) is 0 Å². The van der Waals surface area contributed by atoms with Crippen LogP contribution in [0.2, 0.25) is 0 Å². The van der Waals surface area contributed by atoms with Crippen molar-refractivity contribution in [3.8, 4) is 0 Å². The lowest BCUT2D eigenvalue weighted by molar-refractivity contribution is -0.135. The number of nitrogens with one attached hydrogen (secondary N) is 1. The monoisotopic (exact) mass is 141 g/mol. The summed E-state index contributed by atoms with van der Waals surface area (Å²) in [4.78, 5) is 10.7. The fourth-order valence-corrected chi connectivity index (χ4v) is 0.475. The van der Waals surface area contributed by atoms with Gasteiger partial charge in [-0.05, 0) is 0 Å². The Morgan fingerprint density at radius 2 is 2.30 bits per heavy atom. The van der Waals surface area contributed by atoms with E-state index in [0.717, 1.165) is 0 Å². The van der Waals surface area contributed by atoms with E-state index in [0.29, 0.717) is 5.57 Å². The van der Waals surface area contributed by atoms with Gasteiger partial charge in [-0.1, -0.05) is 12.7 Å². The van der Waals surface area contributed by atoms with Crippen LogP contribution >= 0.6 is 0 Å². The van der Waals surface area contributed by atoms with Gasteiger partial charge in [-0.25, -0.2) is 4.79 Å². The van der Waals surface area contributed by atoms with Crippen LogP contribution in [0.4, 0.5) is 0 Å². The molecule has 0 fully saturated rings.